The molecule has 7 heteroatoms. The van der Waals surface area contributed by atoms with E-state index in [0.717, 1.165) is 11.4 Å². The standard InChI is InChI=1S/C23H26N4O3/c28-21-14-18(16-27(21)20-7-2-1-3-8-20)23(30)26-12-9-17(10-13-26)22(29)25-15-19-6-4-5-11-24-19/h1-8,11,17-18H,9-10,12-16H2,(H,25,29)/t18-/m0/s1. The molecule has 1 atom stereocenters. The summed E-state index contributed by atoms with van der Waals surface area (Å²) in [6.07, 6.45) is 3.24. The van der Waals surface area contributed by atoms with Gasteiger partial charge in [0.25, 0.3) is 0 Å². The number of anilines is 1. The Balaban J connectivity index is 1.26. The van der Waals surface area contributed by atoms with Gasteiger partial charge in [0, 0.05) is 43.9 Å². The van der Waals surface area contributed by atoms with E-state index in [1.807, 2.05) is 53.4 Å². The van der Waals surface area contributed by atoms with Crippen LogP contribution in [-0.4, -0.2) is 47.2 Å². The van der Waals surface area contributed by atoms with E-state index in [2.05, 4.69) is 10.3 Å². The van der Waals surface area contributed by atoms with Crippen molar-refractivity contribution < 1.29 is 14.4 Å². The Labute approximate surface area is 176 Å². The van der Waals surface area contributed by atoms with Gasteiger partial charge in [-0.1, -0.05) is 24.3 Å². The number of nitrogens with one attached hydrogen (secondary N) is 1. The second-order valence-corrected chi connectivity index (χ2v) is 7.88. The lowest BCUT2D eigenvalue weighted by atomic mass is 9.94. The van der Waals surface area contributed by atoms with Gasteiger partial charge in [-0.15, -0.1) is 0 Å². The van der Waals surface area contributed by atoms with Crippen LogP contribution >= 0.6 is 0 Å². The molecule has 1 aromatic heterocycles. The van der Waals surface area contributed by atoms with Gasteiger partial charge in [-0.05, 0) is 37.1 Å². The fourth-order valence-electron chi connectivity index (χ4n) is 4.18. The molecule has 3 amide bonds. The van der Waals surface area contributed by atoms with Crippen molar-refractivity contribution in [2.24, 2.45) is 11.8 Å². The predicted molar refractivity (Wildman–Crippen MR) is 112 cm³/mol. The summed E-state index contributed by atoms with van der Waals surface area (Å²) in [6.45, 7) is 1.94. The van der Waals surface area contributed by atoms with Gasteiger partial charge in [-0.2, -0.15) is 0 Å². The number of hydrogen-bond donors (Lipinski definition) is 1. The Morgan fingerprint density at radius 3 is 2.43 bits per heavy atom. The Bertz CT molecular complexity index is 895. The van der Waals surface area contributed by atoms with E-state index >= 15 is 0 Å². The Hall–Kier alpha value is -3.22. The fourth-order valence-corrected chi connectivity index (χ4v) is 4.18. The number of rotatable bonds is 5. The first-order valence-electron chi connectivity index (χ1n) is 10.4. The summed E-state index contributed by atoms with van der Waals surface area (Å²) >= 11 is 0. The van der Waals surface area contributed by atoms with Gasteiger partial charge in [0.2, 0.25) is 17.7 Å². The van der Waals surface area contributed by atoms with E-state index in [1.165, 1.54) is 0 Å². The lowest BCUT2D eigenvalue weighted by Gasteiger charge is -2.33. The van der Waals surface area contributed by atoms with Gasteiger partial charge in [0.15, 0.2) is 0 Å². The molecule has 2 saturated heterocycles. The van der Waals surface area contributed by atoms with Crippen molar-refractivity contribution >= 4 is 23.4 Å². The topological polar surface area (TPSA) is 82.6 Å². The highest BCUT2D eigenvalue weighted by Crippen LogP contribution is 2.27. The van der Waals surface area contributed by atoms with Gasteiger partial charge >= 0.3 is 0 Å². The highest BCUT2D eigenvalue weighted by atomic mass is 16.2. The minimum atomic E-state index is -0.313. The van der Waals surface area contributed by atoms with E-state index in [1.54, 1.807) is 11.1 Å². The molecule has 2 aliphatic heterocycles. The Morgan fingerprint density at radius 2 is 1.73 bits per heavy atom. The third-order valence-corrected chi connectivity index (χ3v) is 5.89. The van der Waals surface area contributed by atoms with Gasteiger partial charge < -0.3 is 15.1 Å². The lowest BCUT2D eigenvalue weighted by Crippen LogP contribution is -2.45. The van der Waals surface area contributed by atoms with Gasteiger partial charge in [-0.3, -0.25) is 19.4 Å². The van der Waals surface area contributed by atoms with Crippen LogP contribution in [-0.2, 0) is 20.9 Å². The number of carbonyl (C=O) groups excluding carboxylic acids is 3. The van der Waals surface area contributed by atoms with Crippen LogP contribution in [0, 0.1) is 11.8 Å². The van der Waals surface area contributed by atoms with Gasteiger partial charge in [-0.25, -0.2) is 0 Å². The molecule has 4 rings (SSSR count). The molecule has 0 bridgehead atoms. The highest BCUT2D eigenvalue weighted by molar-refractivity contribution is 6.00. The molecule has 2 aromatic rings. The van der Waals surface area contributed by atoms with Crippen LogP contribution < -0.4 is 10.2 Å². The molecule has 0 saturated carbocycles. The minimum Gasteiger partial charge on any atom is -0.350 e. The normalized spacial score (nSPS) is 19.7. The van der Waals surface area contributed by atoms with Crippen molar-refractivity contribution in [3.63, 3.8) is 0 Å². The number of nitrogens with zero attached hydrogens (tertiary/aromatic N) is 3. The number of para-hydroxylation sites is 1. The first kappa shape index (κ1) is 20.1. The molecule has 2 fully saturated rings. The zero-order chi connectivity index (χ0) is 20.9. The van der Waals surface area contributed by atoms with Crippen LogP contribution in [0.2, 0.25) is 0 Å². The van der Waals surface area contributed by atoms with Crippen molar-refractivity contribution in [2.75, 3.05) is 24.5 Å². The molecule has 0 aliphatic carbocycles. The van der Waals surface area contributed by atoms with Gasteiger partial charge in [0.05, 0.1) is 18.2 Å². The van der Waals surface area contributed by atoms with Crippen LogP contribution in [0.3, 0.4) is 0 Å². The molecular weight excluding hydrogens is 380 g/mol. The van der Waals surface area contributed by atoms with E-state index in [9.17, 15) is 14.4 Å². The number of carbonyl (C=O) groups is 3. The quantitative estimate of drug-likeness (QED) is 0.823. The molecule has 1 aromatic carbocycles. The molecule has 0 radical (unpaired) electrons. The van der Waals surface area contributed by atoms with Crippen LogP contribution in [0.25, 0.3) is 0 Å². The van der Waals surface area contributed by atoms with Crippen LogP contribution in [0.5, 0.6) is 0 Å². The van der Waals surface area contributed by atoms with Crippen LogP contribution in [0.4, 0.5) is 5.69 Å². The summed E-state index contributed by atoms with van der Waals surface area (Å²) in [5.74, 6) is -0.382. The average Bonchev–Trinajstić information content (AvgIpc) is 3.20. The monoisotopic (exact) mass is 406 g/mol. The maximum atomic E-state index is 12.9. The van der Waals surface area contributed by atoms with E-state index in [0.29, 0.717) is 39.0 Å². The lowest BCUT2D eigenvalue weighted by molar-refractivity contribution is -0.139. The van der Waals surface area contributed by atoms with E-state index in [-0.39, 0.29) is 36.0 Å². The summed E-state index contributed by atoms with van der Waals surface area (Å²) in [5, 5.41) is 2.94. The predicted octanol–water partition coefficient (Wildman–Crippen LogP) is 1.99. The summed E-state index contributed by atoms with van der Waals surface area (Å²) in [4.78, 5) is 45.5. The highest BCUT2D eigenvalue weighted by Gasteiger charge is 2.38. The summed E-state index contributed by atoms with van der Waals surface area (Å²) in [7, 11) is 0. The molecule has 1 N–H and O–H groups in total. The number of pyridine rings is 1. The summed E-state index contributed by atoms with van der Waals surface area (Å²) in [5.41, 5.74) is 1.66. The molecule has 30 heavy (non-hydrogen) atoms. The average molecular weight is 406 g/mol. The summed E-state index contributed by atoms with van der Waals surface area (Å²) < 4.78 is 0. The molecule has 3 heterocycles. The largest absolute Gasteiger partial charge is 0.350 e. The number of piperidine rings is 1. The second-order valence-electron chi connectivity index (χ2n) is 7.88. The molecule has 0 spiro atoms. The zero-order valence-electron chi connectivity index (χ0n) is 16.9. The maximum Gasteiger partial charge on any atom is 0.228 e. The van der Waals surface area contributed by atoms with Crippen molar-refractivity contribution in [3.05, 3.63) is 60.4 Å². The number of amides is 3. The number of aromatic nitrogens is 1. The zero-order valence-corrected chi connectivity index (χ0v) is 16.9. The van der Waals surface area contributed by atoms with E-state index < -0.39 is 0 Å². The molecule has 0 unspecified atom stereocenters. The van der Waals surface area contributed by atoms with Crippen molar-refractivity contribution in [2.45, 2.75) is 25.8 Å². The van der Waals surface area contributed by atoms with Crippen LogP contribution in [0.15, 0.2) is 54.7 Å². The Kier molecular flexibility index (Phi) is 6.07. The summed E-state index contributed by atoms with van der Waals surface area (Å²) in [6, 6.07) is 15.1. The maximum absolute atomic E-state index is 12.9. The number of likely N-dealkylation sites (tertiary alicyclic amines) is 1. The smallest absolute Gasteiger partial charge is 0.228 e. The third-order valence-electron chi connectivity index (χ3n) is 5.89. The fraction of sp³-hybridized carbons (Fsp3) is 0.391. The Morgan fingerprint density at radius 1 is 1.00 bits per heavy atom. The molecular formula is C23H26N4O3. The van der Waals surface area contributed by atoms with E-state index in [4.69, 9.17) is 0 Å². The minimum absolute atomic E-state index is 0.0108. The number of hydrogen-bond acceptors (Lipinski definition) is 4. The van der Waals surface area contributed by atoms with Crippen LogP contribution in [0.1, 0.15) is 25.0 Å². The molecule has 2 aliphatic rings. The molecule has 7 nitrogen and oxygen atoms in total. The molecule has 156 valence electrons. The first-order chi connectivity index (χ1) is 14.6. The SMILES string of the molecule is O=C(NCc1ccccn1)C1CCN(C(=O)[C@H]2CC(=O)N(c3ccccc3)C2)CC1. The first-order valence-corrected chi connectivity index (χ1v) is 10.4. The van der Waals surface area contributed by atoms with Gasteiger partial charge in [0.1, 0.15) is 0 Å². The van der Waals surface area contributed by atoms with Crippen molar-refractivity contribution in [3.8, 4) is 0 Å². The van der Waals surface area contributed by atoms with Crippen molar-refractivity contribution in [1.82, 2.24) is 15.2 Å². The third kappa shape index (κ3) is 4.50. The number of benzene rings is 1. The second kappa shape index (κ2) is 9.07. The van der Waals surface area contributed by atoms with Crippen molar-refractivity contribution in [1.29, 1.82) is 0 Å².